The second kappa shape index (κ2) is 5.98. The molecule has 1 unspecified atom stereocenters. The largest absolute Gasteiger partial charge is 0.375 e. The highest BCUT2D eigenvalue weighted by atomic mass is 35.5. The SMILES string of the molecule is C=CCOCC1NCCc2c1nnn2C.Cl. The Bertz CT molecular complexity index is 353. The monoisotopic (exact) mass is 244 g/mol. The third kappa shape index (κ3) is 2.61. The number of aryl methyl sites for hydroxylation is 1. The van der Waals surface area contributed by atoms with Gasteiger partial charge in [0.25, 0.3) is 0 Å². The van der Waals surface area contributed by atoms with Crippen molar-refractivity contribution in [3.63, 3.8) is 0 Å². The molecule has 6 heteroatoms. The molecule has 1 aromatic heterocycles. The van der Waals surface area contributed by atoms with Crippen LogP contribution in [0.1, 0.15) is 17.4 Å². The minimum Gasteiger partial charge on any atom is -0.375 e. The van der Waals surface area contributed by atoms with Crippen LogP contribution in [-0.4, -0.2) is 34.8 Å². The Hall–Kier alpha value is -0.910. The topological polar surface area (TPSA) is 52.0 Å². The molecular weight excluding hydrogens is 228 g/mol. The molecule has 2 rings (SSSR count). The minimum absolute atomic E-state index is 0. The highest BCUT2D eigenvalue weighted by Crippen LogP contribution is 2.19. The van der Waals surface area contributed by atoms with Crippen molar-refractivity contribution in [1.82, 2.24) is 20.3 Å². The zero-order valence-corrected chi connectivity index (χ0v) is 10.2. The molecule has 1 aliphatic rings. The molecule has 0 aromatic carbocycles. The van der Waals surface area contributed by atoms with Crippen LogP contribution in [0.5, 0.6) is 0 Å². The van der Waals surface area contributed by atoms with Gasteiger partial charge in [0.1, 0.15) is 5.69 Å². The van der Waals surface area contributed by atoms with Gasteiger partial charge in [0.05, 0.1) is 24.9 Å². The lowest BCUT2D eigenvalue weighted by atomic mass is 10.1. The first-order valence-corrected chi connectivity index (χ1v) is 5.13. The quantitative estimate of drug-likeness (QED) is 0.624. The van der Waals surface area contributed by atoms with E-state index in [9.17, 15) is 0 Å². The zero-order valence-electron chi connectivity index (χ0n) is 9.35. The van der Waals surface area contributed by atoms with Crippen LogP contribution >= 0.6 is 12.4 Å². The van der Waals surface area contributed by atoms with Gasteiger partial charge in [-0.05, 0) is 0 Å². The van der Waals surface area contributed by atoms with E-state index in [0.717, 1.165) is 18.7 Å². The molecule has 0 fully saturated rings. The van der Waals surface area contributed by atoms with Gasteiger partial charge in [-0.3, -0.25) is 4.68 Å². The fourth-order valence-corrected chi connectivity index (χ4v) is 1.82. The van der Waals surface area contributed by atoms with Crippen LogP contribution in [0.15, 0.2) is 12.7 Å². The molecule has 2 heterocycles. The number of halogens is 1. The first-order valence-electron chi connectivity index (χ1n) is 5.13. The fraction of sp³-hybridized carbons (Fsp3) is 0.600. The summed E-state index contributed by atoms with van der Waals surface area (Å²) in [6.07, 6.45) is 2.73. The highest BCUT2D eigenvalue weighted by Gasteiger charge is 2.24. The fourth-order valence-electron chi connectivity index (χ4n) is 1.82. The van der Waals surface area contributed by atoms with Crippen molar-refractivity contribution in [2.75, 3.05) is 19.8 Å². The number of fused-ring (bicyclic) bond motifs is 1. The van der Waals surface area contributed by atoms with Gasteiger partial charge in [0.15, 0.2) is 0 Å². The van der Waals surface area contributed by atoms with Gasteiger partial charge in [-0.15, -0.1) is 24.1 Å². The summed E-state index contributed by atoms with van der Waals surface area (Å²) in [5.41, 5.74) is 2.23. The van der Waals surface area contributed by atoms with Crippen molar-refractivity contribution in [2.24, 2.45) is 7.05 Å². The minimum atomic E-state index is 0. The van der Waals surface area contributed by atoms with Gasteiger partial charge in [0.2, 0.25) is 0 Å². The molecule has 90 valence electrons. The van der Waals surface area contributed by atoms with Gasteiger partial charge in [-0.25, -0.2) is 0 Å². The van der Waals surface area contributed by atoms with E-state index in [-0.39, 0.29) is 18.4 Å². The third-order valence-electron chi connectivity index (χ3n) is 2.58. The van der Waals surface area contributed by atoms with E-state index < -0.39 is 0 Å². The maximum Gasteiger partial charge on any atom is 0.105 e. The Morgan fingerprint density at radius 2 is 2.50 bits per heavy atom. The Morgan fingerprint density at radius 1 is 1.69 bits per heavy atom. The Labute approximate surface area is 101 Å². The molecule has 16 heavy (non-hydrogen) atoms. The number of nitrogens with one attached hydrogen (secondary N) is 1. The van der Waals surface area contributed by atoms with E-state index in [4.69, 9.17) is 4.74 Å². The first-order chi connectivity index (χ1) is 7.33. The number of hydrogen-bond donors (Lipinski definition) is 1. The van der Waals surface area contributed by atoms with Crippen LogP contribution in [0.4, 0.5) is 0 Å². The van der Waals surface area contributed by atoms with Gasteiger partial charge in [-0.1, -0.05) is 11.3 Å². The predicted octanol–water partition coefficient (Wildman–Crippen LogP) is 0.626. The Morgan fingerprint density at radius 3 is 3.25 bits per heavy atom. The lowest BCUT2D eigenvalue weighted by Crippen LogP contribution is -2.33. The molecule has 0 saturated heterocycles. The van der Waals surface area contributed by atoms with E-state index in [2.05, 4.69) is 22.2 Å². The van der Waals surface area contributed by atoms with Crippen LogP contribution in [0.3, 0.4) is 0 Å². The summed E-state index contributed by atoms with van der Waals surface area (Å²) in [5.74, 6) is 0. The predicted molar refractivity (Wildman–Crippen MR) is 63.7 cm³/mol. The van der Waals surface area contributed by atoms with E-state index in [1.165, 1.54) is 5.69 Å². The molecule has 1 aromatic rings. The van der Waals surface area contributed by atoms with Gasteiger partial charge < -0.3 is 10.1 Å². The van der Waals surface area contributed by atoms with Crippen LogP contribution in [0, 0.1) is 0 Å². The molecule has 5 nitrogen and oxygen atoms in total. The van der Waals surface area contributed by atoms with Crippen LogP contribution in [0.2, 0.25) is 0 Å². The third-order valence-corrected chi connectivity index (χ3v) is 2.58. The lowest BCUT2D eigenvalue weighted by Gasteiger charge is -2.22. The summed E-state index contributed by atoms with van der Waals surface area (Å²) >= 11 is 0. The molecule has 0 saturated carbocycles. The molecule has 0 bridgehead atoms. The van der Waals surface area contributed by atoms with Crippen molar-refractivity contribution in [2.45, 2.75) is 12.5 Å². The molecule has 1 N–H and O–H groups in total. The van der Waals surface area contributed by atoms with E-state index >= 15 is 0 Å². The van der Waals surface area contributed by atoms with E-state index in [1.54, 1.807) is 6.08 Å². The molecule has 0 amide bonds. The molecule has 1 atom stereocenters. The number of ether oxygens (including phenoxy) is 1. The lowest BCUT2D eigenvalue weighted by molar-refractivity contribution is 0.132. The van der Waals surface area contributed by atoms with E-state index in [1.807, 2.05) is 11.7 Å². The average Bonchev–Trinajstić information content (AvgIpc) is 2.62. The molecule has 1 aliphatic heterocycles. The summed E-state index contributed by atoms with van der Waals surface area (Å²) in [6.45, 7) is 5.77. The van der Waals surface area contributed by atoms with Gasteiger partial charge >= 0.3 is 0 Å². The zero-order chi connectivity index (χ0) is 10.7. The van der Waals surface area contributed by atoms with Crippen molar-refractivity contribution in [3.05, 3.63) is 24.0 Å². The van der Waals surface area contributed by atoms with Crippen molar-refractivity contribution in [3.8, 4) is 0 Å². The summed E-state index contributed by atoms with van der Waals surface area (Å²) in [7, 11) is 1.93. The summed E-state index contributed by atoms with van der Waals surface area (Å²) in [5, 5.41) is 11.6. The van der Waals surface area contributed by atoms with Crippen molar-refractivity contribution < 1.29 is 4.74 Å². The maximum atomic E-state index is 5.43. The van der Waals surface area contributed by atoms with Gasteiger partial charge in [-0.2, -0.15) is 0 Å². The second-order valence-electron chi connectivity index (χ2n) is 3.63. The number of nitrogens with zero attached hydrogens (tertiary/aromatic N) is 3. The highest BCUT2D eigenvalue weighted by molar-refractivity contribution is 5.85. The number of aromatic nitrogens is 3. The average molecular weight is 245 g/mol. The Balaban J connectivity index is 0.00000128. The molecule has 0 aliphatic carbocycles. The number of rotatable bonds is 4. The van der Waals surface area contributed by atoms with Crippen LogP contribution in [-0.2, 0) is 18.2 Å². The maximum absolute atomic E-state index is 5.43. The summed E-state index contributed by atoms with van der Waals surface area (Å²) in [4.78, 5) is 0. The smallest absolute Gasteiger partial charge is 0.105 e. The van der Waals surface area contributed by atoms with E-state index in [0.29, 0.717) is 13.2 Å². The van der Waals surface area contributed by atoms with Crippen LogP contribution < -0.4 is 5.32 Å². The molecule has 0 spiro atoms. The standard InChI is InChI=1S/C10H16N4O.ClH/c1-3-6-15-7-8-10-9(4-5-11-8)14(2)13-12-10;/h3,8,11H,1,4-7H2,2H3;1H. The second-order valence-corrected chi connectivity index (χ2v) is 3.63. The summed E-state index contributed by atoms with van der Waals surface area (Å²) in [6, 6.07) is 0.169. The molecular formula is C10H17ClN4O. The number of hydrogen-bond acceptors (Lipinski definition) is 4. The molecule has 0 radical (unpaired) electrons. The Kier molecular flexibility index (Phi) is 4.92. The van der Waals surface area contributed by atoms with Crippen LogP contribution in [0.25, 0.3) is 0 Å². The van der Waals surface area contributed by atoms with Crippen molar-refractivity contribution in [1.29, 1.82) is 0 Å². The van der Waals surface area contributed by atoms with Gasteiger partial charge in [0, 0.05) is 20.0 Å². The van der Waals surface area contributed by atoms with Crippen molar-refractivity contribution >= 4 is 12.4 Å². The normalized spacial score (nSPS) is 18.7. The summed E-state index contributed by atoms with van der Waals surface area (Å²) < 4.78 is 7.27. The first kappa shape index (κ1) is 13.2.